The summed E-state index contributed by atoms with van der Waals surface area (Å²) in [7, 11) is 3.40. The van der Waals surface area contributed by atoms with E-state index in [9.17, 15) is 0 Å². The topological polar surface area (TPSA) is 61.4 Å². The molecule has 1 atom stereocenters. The lowest BCUT2D eigenvalue weighted by molar-refractivity contribution is 0.197. The second-order valence-electron chi connectivity index (χ2n) is 9.25. The molecule has 0 bridgehead atoms. The van der Waals surface area contributed by atoms with Crippen molar-refractivity contribution in [1.82, 2.24) is 15.5 Å². The van der Waals surface area contributed by atoms with Gasteiger partial charge >= 0.3 is 0 Å². The van der Waals surface area contributed by atoms with Gasteiger partial charge < -0.3 is 25.0 Å². The lowest BCUT2D eigenvalue weighted by Crippen LogP contribution is -2.49. The molecule has 7 heteroatoms. The molecule has 1 aromatic carbocycles. The van der Waals surface area contributed by atoms with Crippen LogP contribution >= 0.6 is 0 Å². The van der Waals surface area contributed by atoms with E-state index >= 15 is 0 Å². The molecule has 7 nitrogen and oxygen atoms in total. The van der Waals surface area contributed by atoms with E-state index in [4.69, 9.17) is 14.5 Å². The number of methoxy groups -OCH3 is 2. The molecular weight excluding hydrogens is 402 g/mol. The Morgan fingerprint density at radius 1 is 1.03 bits per heavy atom. The average molecular weight is 446 g/mol. The first-order valence-corrected chi connectivity index (χ1v) is 12.3. The number of aliphatic imine (C=N–C) groups is 1. The first-order chi connectivity index (χ1) is 15.5. The minimum atomic E-state index is 0.431. The number of anilines is 1. The Kier molecular flexibility index (Phi) is 9.33. The van der Waals surface area contributed by atoms with Crippen molar-refractivity contribution in [3.05, 3.63) is 18.2 Å². The lowest BCUT2D eigenvalue weighted by Gasteiger charge is -2.35. The zero-order valence-electron chi connectivity index (χ0n) is 20.7. The maximum absolute atomic E-state index is 5.44. The van der Waals surface area contributed by atoms with Crippen LogP contribution in [0.3, 0.4) is 0 Å². The molecule has 2 N–H and O–H groups in total. The van der Waals surface area contributed by atoms with Crippen LogP contribution in [0.4, 0.5) is 5.69 Å². The van der Waals surface area contributed by atoms with Gasteiger partial charge in [-0.05, 0) is 51.6 Å². The number of nitrogens with one attached hydrogen (secondary N) is 2. The van der Waals surface area contributed by atoms with Crippen LogP contribution in [0.5, 0.6) is 11.5 Å². The smallest absolute Gasteiger partial charge is 0.191 e. The van der Waals surface area contributed by atoms with E-state index in [0.717, 1.165) is 62.2 Å². The molecule has 1 aromatic rings. The fraction of sp³-hybridized carbons (Fsp3) is 0.720. The van der Waals surface area contributed by atoms with Gasteiger partial charge in [0, 0.05) is 55.6 Å². The Balaban J connectivity index is 1.57. The molecule has 3 rings (SSSR count). The van der Waals surface area contributed by atoms with Gasteiger partial charge in [-0.1, -0.05) is 13.8 Å². The van der Waals surface area contributed by atoms with Gasteiger partial charge in [-0.2, -0.15) is 0 Å². The molecule has 0 saturated carbocycles. The van der Waals surface area contributed by atoms with Crippen LogP contribution in [0.1, 0.15) is 46.5 Å². The molecule has 2 fully saturated rings. The zero-order valence-corrected chi connectivity index (χ0v) is 20.7. The van der Waals surface area contributed by atoms with Crippen LogP contribution in [0.2, 0.25) is 0 Å². The zero-order chi connectivity index (χ0) is 22.9. The number of nitrogens with zero attached hydrogens (tertiary/aromatic N) is 3. The van der Waals surface area contributed by atoms with Crippen molar-refractivity contribution in [1.29, 1.82) is 0 Å². The number of likely N-dealkylation sites (tertiary alicyclic amines) is 1. The monoisotopic (exact) mass is 445 g/mol. The molecular formula is C25H43N5O2. The summed E-state index contributed by atoms with van der Waals surface area (Å²) < 4.78 is 10.9. The van der Waals surface area contributed by atoms with E-state index < -0.39 is 0 Å². The van der Waals surface area contributed by atoms with Crippen LogP contribution in [-0.2, 0) is 0 Å². The molecule has 2 aliphatic rings. The molecule has 180 valence electrons. The Labute approximate surface area is 194 Å². The standard InChI is InChI=1S/C25H43N5O2/c1-6-26-25(27-18-24(19(2)3)30-11-7-8-12-30)28-20-9-13-29(14-10-20)21-15-22(31-4)17-23(16-21)32-5/h15-17,19-20,24H,6-14,18H2,1-5H3,(H2,26,27,28). The highest BCUT2D eigenvalue weighted by Crippen LogP contribution is 2.30. The second-order valence-corrected chi connectivity index (χ2v) is 9.25. The minimum Gasteiger partial charge on any atom is -0.497 e. The molecule has 2 saturated heterocycles. The number of rotatable bonds is 9. The summed E-state index contributed by atoms with van der Waals surface area (Å²) in [5.41, 5.74) is 1.16. The number of guanidine groups is 1. The van der Waals surface area contributed by atoms with Crippen molar-refractivity contribution in [3.8, 4) is 11.5 Å². The number of piperidine rings is 1. The highest BCUT2D eigenvalue weighted by atomic mass is 16.5. The summed E-state index contributed by atoms with van der Waals surface area (Å²) in [6.45, 7) is 12.9. The quantitative estimate of drug-likeness (QED) is 0.449. The van der Waals surface area contributed by atoms with Crippen molar-refractivity contribution >= 4 is 11.6 Å². The molecule has 0 spiro atoms. The molecule has 0 radical (unpaired) electrons. The number of hydrogen-bond donors (Lipinski definition) is 2. The van der Waals surface area contributed by atoms with Gasteiger partial charge in [0.15, 0.2) is 5.96 Å². The third-order valence-corrected chi connectivity index (χ3v) is 6.70. The van der Waals surface area contributed by atoms with Gasteiger partial charge in [0.25, 0.3) is 0 Å². The van der Waals surface area contributed by atoms with Crippen LogP contribution in [0, 0.1) is 5.92 Å². The van der Waals surface area contributed by atoms with Gasteiger partial charge in [0.05, 0.1) is 20.8 Å². The SMILES string of the molecule is CCNC(=NCC(C(C)C)N1CCCC1)NC1CCN(c2cc(OC)cc(OC)c2)CC1. The summed E-state index contributed by atoms with van der Waals surface area (Å²) in [6.07, 6.45) is 4.79. The lowest BCUT2D eigenvalue weighted by atomic mass is 10.0. The molecule has 0 aliphatic carbocycles. The first-order valence-electron chi connectivity index (χ1n) is 12.3. The highest BCUT2D eigenvalue weighted by Gasteiger charge is 2.25. The molecule has 1 unspecified atom stereocenters. The van der Waals surface area contributed by atoms with Gasteiger partial charge in [0.2, 0.25) is 0 Å². The predicted molar refractivity (Wildman–Crippen MR) is 133 cm³/mol. The van der Waals surface area contributed by atoms with Crippen molar-refractivity contribution in [2.24, 2.45) is 10.9 Å². The Bertz CT molecular complexity index is 703. The molecule has 0 amide bonds. The minimum absolute atomic E-state index is 0.431. The van der Waals surface area contributed by atoms with Gasteiger partial charge in [-0.3, -0.25) is 9.89 Å². The summed E-state index contributed by atoms with van der Waals surface area (Å²) in [5, 5.41) is 7.16. The average Bonchev–Trinajstić information content (AvgIpc) is 3.33. The van der Waals surface area contributed by atoms with Crippen molar-refractivity contribution in [2.75, 3.05) is 58.4 Å². The van der Waals surface area contributed by atoms with Crippen LogP contribution in [-0.4, -0.2) is 76.4 Å². The fourth-order valence-electron chi connectivity index (χ4n) is 4.78. The Morgan fingerprint density at radius 2 is 1.66 bits per heavy atom. The summed E-state index contributed by atoms with van der Waals surface area (Å²) in [6, 6.07) is 7.06. The summed E-state index contributed by atoms with van der Waals surface area (Å²) in [5.74, 6) is 3.24. The van der Waals surface area contributed by atoms with Gasteiger partial charge in [-0.25, -0.2) is 0 Å². The first kappa shape index (κ1) is 24.5. The van der Waals surface area contributed by atoms with Crippen molar-refractivity contribution < 1.29 is 9.47 Å². The molecule has 2 heterocycles. The maximum atomic E-state index is 5.44. The summed E-state index contributed by atoms with van der Waals surface area (Å²) >= 11 is 0. The fourth-order valence-corrected chi connectivity index (χ4v) is 4.78. The Morgan fingerprint density at radius 3 is 2.19 bits per heavy atom. The van der Waals surface area contributed by atoms with Crippen molar-refractivity contribution in [2.45, 2.75) is 58.5 Å². The van der Waals surface area contributed by atoms with E-state index in [0.29, 0.717) is 18.0 Å². The predicted octanol–water partition coefficient (Wildman–Crippen LogP) is 3.35. The summed E-state index contributed by atoms with van der Waals surface area (Å²) in [4.78, 5) is 10.0. The normalized spacial score (nSPS) is 19.3. The number of benzene rings is 1. The molecule has 0 aromatic heterocycles. The third kappa shape index (κ3) is 6.67. The van der Waals surface area contributed by atoms with E-state index in [1.54, 1.807) is 14.2 Å². The van der Waals surface area contributed by atoms with Gasteiger partial charge in [-0.15, -0.1) is 0 Å². The molecule has 2 aliphatic heterocycles. The van der Waals surface area contributed by atoms with Gasteiger partial charge in [0.1, 0.15) is 11.5 Å². The number of hydrogen-bond acceptors (Lipinski definition) is 5. The third-order valence-electron chi connectivity index (χ3n) is 6.70. The van der Waals surface area contributed by atoms with Crippen LogP contribution < -0.4 is 25.0 Å². The Hall–Kier alpha value is -2.15. The van der Waals surface area contributed by atoms with E-state index in [-0.39, 0.29) is 0 Å². The van der Waals surface area contributed by atoms with E-state index in [2.05, 4.69) is 53.3 Å². The van der Waals surface area contributed by atoms with Crippen molar-refractivity contribution in [3.63, 3.8) is 0 Å². The number of ether oxygens (including phenoxy) is 2. The largest absolute Gasteiger partial charge is 0.497 e. The maximum Gasteiger partial charge on any atom is 0.191 e. The van der Waals surface area contributed by atoms with Crippen LogP contribution in [0.25, 0.3) is 0 Å². The molecule has 32 heavy (non-hydrogen) atoms. The van der Waals surface area contributed by atoms with Crippen LogP contribution in [0.15, 0.2) is 23.2 Å². The second kappa shape index (κ2) is 12.2. The highest BCUT2D eigenvalue weighted by molar-refractivity contribution is 5.80. The van der Waals surface area contributed by atoms with E-state index in [1.807, 2.05) is 6.07 Å². The van der Waals surface area contributed by atoms with E-state index in [1.165, 1.54) is 25.9 Å².